The smallest absolute Gasteiger partial charge is 0.253 e. The summed E-state index contributed by atoms with van der Waals surface area (Å²) >= 11 is 3.37. The van der Waals surface area contributed by atoms with E-state index in [0.29, 0.717) is 11.3 Å². The van der Waals surface area contributed by atoms with E-state index in [9.17, 15) is 4.79 Å². The zero-order chi connectivity index (χ0) is 13.4. The number of nitrogen functional groups attached to an aromatic ring is 1. The van der Waals surface area contributed by atoms with Gasteiger partial charge in [-0.2, -0.15) is 0 Å². The van der Waals surface area contributed by atoms with Crippen molar-refractivity contribution in [2.45, 2.75) is 18.9 Å². The predicted molar refractivity (Wildman–Crippen MR) is 79.1 cm³/mol. The van der Waals surface area contributed by atoms with E-state index in [-0.39, 0.29) is 5.91 Å². The zero-order valence-electron chi connectivity index (χ0n) is 10.8. The molecule has 1 amide bonds. The molecule has 1 saturated carbocycles. The van der Waals surface area contributed by atoms with E-state index in [1.54, 1.807) is 12.1 Å². The van der Waals surface area contributed by atoms with Crippen LogP contribution in [0.1, 0.15) is 23.2 Å². The largest absolute Gasteiger partial charge is 0.398 e. The lowest BCUT2D eigenvalue weighted by Gasteiger charge is -2.34. The van der Waals surface area contributed by atoms with Crippen LogP contribution in [0.3, 0.4) is 0 Å². The molecule has 4 nitrogen and oxygen atoms in total. The van der Waals surface area contributed by atoms with Gasteiger partial charge in [0.15, 0.2) is 0 Å². The van der Waals surface area contributed by atoms with Crippen LogP contribution >= 0.6 is 15.9 Å². The first kappa shape index (κ1) is 12.9. The molecular weight excluding hydrogens is 306 g/mol. The number of rotatable bonds is 2. The second kappa shape index (κ2) is 5.13. The average molecular weight is 324 g/mol. The number of halogens is 1. The minimum atomic E-state index is 0.108. The molecule has 5 heteroatoms. The number of piperazine rings is 1. The Morgan fingerprint density at radius 2 is 1.89 bits per heavy atom. The highest BCUT2D eigenvalue weighted by atomic mass is 79.9. The molecule has 1 aliphatic heterocycles. The van der Waals surface area contributed by atoms with Crippen LogP contribution in [-0.4, -0.2) is 47.9 Å². The molecule has 0 unspecified atom stereocenters. The quantitative estimate of drug-likeness (QED) is 0.846. The number of amides is 1. The van der Waals surface area contributed by atoms with Crippen LogP contribution in [0.4, 0.5) is 5.69 Å². The van der Waals surface area contributed by atoms with Gasteiger partial charge >= 0.3 is 0 Å². The van der Waals surface area contributed by atoms with Crippen LogP contribution in [0.15, 0.2) is 22.7 Å². The summed E-state index contributed by atoms with van der Waals surface area (Å²) in [6.45, 7) is 3.67. The lowest BCUT2D eigenvalue weighted by molar-refractivity contribution is 0.0627. The predicted octanol–water partition coefficient (Wildman–Crippen LogP) is 1.95. The van der Waals surface area contributed by atoms with Crippen molar-refractivity contribution in [3.63, 3.8) is 0 Å². The molecule has 19 heavy (non-hydrogen) atoms. The first-order chi connectivity index (χ1) is 9.15. The highest BCUT2D eigenvalue weighted by molar-refractivity contribution is 9.10. The van der Waals surface area contributed by atoms with Crippen molar-refractivity contribution in [1.82, 2.24) is 9.80 Å². The van der Waals surface area contributed by atoms with Crippen molar-refractivity contribution in [2.75, 3.05) is 31.9 Å². The van der Waals surface area contributed by atoms with E-state index in [4.69, 9.17) is 5.73 Å². The summed E-state index contributed by atoms with van der Waals surface area (Å²) in [4.78, 5) is 16.8. The first-order valence-corrected chi connectivity index (χ1v) is 7.53. The summed E-state index contributed by atoms with van der Waals surface area (Å²) in [6.07, 6.45) is 2.66. The number of hydrogen-bond acceptors (Lipinski definition) is 3. The number of anilines is 1. The monoisotopic (exact) mass is 323 g/mol. The van der Waals surface area contributed by atoms with E-state index >= 15 is 0 Å². The maximum Gasteiger partial charge on any atom is 0.253 e. The molecule has 1 aromatic carbocycles. The van der Waals surface area contributed by atoms with Crippen LogP contribution in [0, 0.1) is 0 Å². The van der Waals surface area contributed by atoms with Crippen LogP contribution in [0.5, 0.6) is 0 Å². The fourth-order valence-electron chi connectivity index (χ4n) is 2.57. The van der Waals surface area contributed by atoms with Gasteiger partial charge in [0, 0.05) is 47.9 Å². The van der Waals surface area contributed by atoms with Crippen LogP contribution in [0.2, 0.25) is 0 Å². The molecule has 0 aromatic heterocycles. The molecule has 3 rings (SSSR count). The summed E-state index contributed by atoms with van der Waals surface area (Å²) in [5.41, 5.74) is 7.12. The topological polar surface area (TPSA) is 49.6 Å². The van der Waals surface area contributed by atoms with Crippen molar-refractivity contribution >= 4 is 27.5 Å². The van der Waals surface area contributed by atoms with Gasteiger partial charge < -0.3 is 10.6 Å². The van der Waals surface area contributed by atoms with Gasteiger partial charge in [-0.3, -0.25) is 9.69 Å². The molecule has 2 fully saturated rings. The van der Waals surface area contributed by atoms with Crippen molar-refractivity contribution < 1.29 is 4.79 Å². The summed E-state index contributed by atoms with van der Waals surface area (Å²) < 4.78 is 0.787. The fraction of sp³-hybridized carbons (Fsp3) is 0.500. The normalized spacial score (nSPS) is 20.6. The Balaban J connectivity index is 1.65. The van der Waals surface area contributed by atoms with Crippen LogP contribution < -0.4 is 5.73 Å². The van der Waals surface area contributed by atoms with Gasteiger partial charge in [-0.25, -0.2) is 0 Å². The molecule has 0 atom stereocenters. The number of nitrogens with two attached hydrogens (primary N) is 1. The van der Waals surface area contributed by atoms with Crippen molar-refractivity contribution in [2.24, 2.45) is 0 Å². The first-order valence-electron chi connectivity index (χ1n) is 6.73. The van der Waals surface area contributed by atoms with Gasteiger partial charge in [-0.1, -0.05) is 0 Å². The SMILES string of the molecule is Nc1ccc(C(=O)N2CCN(C3CC3)CC2)cc1Br. The van der Waals surface area contributed by atoms with E-state index < -0.39 is 0 Å². The Morgan fingerprint density at radius 3 is 2.47 bits per heavy atom. The summed E-state index contributed by atoms with van der Waals surface area (Å²) in [5.74, 6) is 0.108. The number of carbonyl (C=O) groups excluding carboxylic acids is 1. The molecule has 1 aromatic rings. The number of hydrogen-bond donors (Lipinski definition) is 1. The standard InChI is InChI=1S/C14H18BrN3O/c15-12-9-10(1-4-13(12)16)14(19)18-7-5-17(6-8-18)11-2-3-11/h1,4,9,11H,2-3,5-8,16H2. The molecule has 1 heterocycles. The van der Waals surface area contributed by atoms with Gasteiger partial charge in [-0.05, 0) is 47.0 Å². The highest BCUT2D eigenvalue weighted by Gasteiger charge is 2.32. The molecule has 0 radical (unpaired) electrons. The van der Waals surface area contributed by atoms with Gasteiger partial charge in [0.1, 0.15) is 0 Å². The van der Waals surface area contributed by atoms with Gasteiger partial charge in [-0.15, -0.1) is 0 Å². The van der Waals surface area contributed by atoms with Crippen LogP contribution in [0.25, 0.3) is 0 Å². The molecule has 102 valence electrons. The molecular formula is C14H18BrN3O. The molecule has 1 aliphatic carbocycles. The lowest BCUT2D eigenvalue weighted by Crippen LogP contribution is -2.49. The summed E-state index contributed by atoms with van der Waals surface area (Å²) in [6, 6.07) is 6.18. The number of benzene rings is 1. The van der Waals surface area contributed by atoms with E-state index in [1.165, 1.54) is 12.8 Å². The molecule has 0 bridgehead atoms. The molecule has 1 saturated heterocycles. The minimum Gasteiger partial charge on any atom is -0.398 e. The third kappa shape index (κ3) is 2.77. The Morgan fingerprint density at radius 1 is 1.21 bits per heavy atom. The highest BCUT2D eigenvalue weighted by Crippen LogP contribution is 2.28. The fourth-order valence-corrected chi connectivity index (χ4v) is 2.95. The van der Waals surface area contributed by atoms with Crippen LogP contribution in [-0.2, 0) is 0 Å². The average Bonchev–Trinajstić information content (AvgIpc) is 3.26. The van der Waals surface area contributed by atoms with E-state index in [1.807, 2.05) is 11.0 Å². The van der Waals surface area contributed by atoms with Gasteiger partial charge in [0.2, 0.25) is 0 Å². The third-order valence-electron chi connectivity index (χ3n) is 3.91. The van der Waals surface area contributed by atoms with Crippen molar-refractivity contribution in [1.29, 1.82) is 0 Å². The lowest BCUT2D eigenvalue weighted by atomic mass is 10.1. The summed E-state index contributed by atoms with van der Waals surface area (Å²) in [5, 5.41) is 0. The third-order valence-corrected chi connectivity index (χ3v) is 4.60. The minimum absolute atomic E-state index is 0.108. The molecule has 2 N–H and O–H groups in total. The molecule has 2 aliphatic rings. The van der Waals surface area contributed by atoms with E-state index in [0.717, 1.165) is 36.7 Å². The second-order valence-electron chi connectivity index (χ2n) is 5.30. The maximum absolute atomic E-state index is 12.4. The number of carbonyl (C=O) groups is 1. The Hall–Kier alpha value is -1.07. The Bertz CT molecular complexity index is 493. The second-order valence-corrected chi connectivity index (χ2v) is 6.15. The maximum atomic E-state index is 12.4. The Kier molecular flexibility index (Phi) is 3.50. The number of nitrogens with zero attached hydrogens (tertiary/aromatic N) is 2. The zero-order valence-corrected chi connectivity index (χ0v) is 12.4. The van der Waals surface area contributed by atoms with Gasteiger partial charge in [0.25, 0.3) is 5.91 Å². The van der Waals surface area contributed by atoms with E-state index in [2.05, 4.69) is 20.8 Å². The van der Waals surface area contributed by atoms with Crippen molar-refractivity contribution in [3.8, 4) is 0 Å². The Labute approximate surface area is 121 Å². The van der Waals surface area contributed by atoms with Gasteiger partial charge in [0.05, 0.1) is 0 Å². The summed E-state index contributed by atoms with van der Waals surface area (Å²) in [7, 11) is 0. The van der Waals surface area contributed by atoms with Crippen molar-refractivity contribution in [3.05, 3.63) is 28.2 Å². The molecule has 0 spiro atoms.